The largest absolute Gasteiger partial charge is 0.456 e. The minimum Gasteiger partial charge on any atom is -0.456 e. The Morgan fingerprint density at radius 1 is 0.284 bits per heavy atom. The van der Waals surface area contributed by atoms with Crippen molar-refractivity contribution in [3.8, 4) is 78.5 Å². The first kappa shape index (κ1) is 38.5. The fourth-order valence-corrected chi connectivity index (χ4v) is 9.95. The first-order valence-corrected chi connectivity index (χ1v) is 22.7. The van der Waals surface area contributed by atoms with Crippen LogP contribution < -0.4 is 0 Å². The molecule has 0 fully saturated rings. The lowest BCUT2D eigenvalue weighted by molar-refractivity contribution is 0.669. The Hall–Kier alpha value is -8.99. The zero-order valence-corrected chi connectivity index (χ0v) is 36.3. The minimum atomic E-state index is 0.685. The van der Waals surface area contributed by atoms with Gasteiger partial charge in [0.05, 0.1) is 22.6 Å². The summed E-state index contributed by atoms with van der Waals surface area (Å²) in [5, 5.41) is 7.83. The molecule has 4 heteroatoms. The summed E-state index contributed by atoms with van der Waals surface area (Å²) in [5.41, 5.74) is 16.3. The summed E-state index contributed by atoms with van der Waals surface area (Å²) in [7, 11) is 0. The number of nitrogens with zero attached hydrogens (tertiary/aromatic N) is 3. The van der Waals surface area contributed by atoms with Crippen molar-refractivity contribution in [1.29, 1.82) is 0 Å². The molecule has 13 aromatic rings. The molecule has 312 valence electrons. The van der Waals surface area contributed by atoms with Crippen LogP contribution in [0.25, 0.3) is 133 Å². The Morgan fingerprint density at radius 3 is 1.61 bits per heavy atom. The average molecular weight is 854 g/mol. The van der Waals surface area contributed by atoms with Crippen LogP contribution >= 0.6 is 0 Å². The summed E-state index contributed by atoms with van der Waals surface area (Å²) >= 11 is 0. The van der Waals surface area contributed by atoms with Crippen LogP contribution in [0.15, 0.2) is 241 Å². The number of aromatic nitrogens is 3. The number of fused-ring (bicyclic) bond motifs is 7. The summed E-state index contributed by atoms with van der Waals surface area (Å²) < 4.78 is 6.63. The highest BCUT2D eigenvalue weighted by Crippen LogP contribution is 2.47. The normalized spacial score (nSPS) is 11.6. The van der Waals surface area contributed by atoms with Gasteiger partial charge in [0.25, 0.3) is 0 Å². The molecule has 0 amide bonds. The van der Waals surface area contributed by atoms with Crippen molar-refractivity contribution < 1.29 is 4.42 Å². The fourth-order valence-electron chi connectivity index (χ4n) is 9.95. The van der Waals surface area contributed by atoms with Crippen LogP contribution in [0.5, 0.6) is 0 Å². The van der Waals surface area contributed by atoms with Gasteiger partial charge in [0, 0.05) is 54.7 Å². The fraction of sp³-hybridized carbons (Fsp3) is 0. The van der Waals surface area contributed by atoms with Gasteiger partial charge in [-0.05, 0) is 68.9 Å². The number of hydrogen-bond donors (Lipinski definition) is 0. The number of pyridine rings is 1. The van der Waals surface area contributed by atoms with E-state index >= 15 is 0 Å². The third-order valence-electron chi connectivity index (χ3n) is 13.1. The highest BCUT2D eigenvalue weighted by atomic mass is 16.3. The van der Waals surface area contributed by atoms with Crippen LogP contribution in [0.2, 0.25) is 0 Å². The smallest absolute Gasteiger partial charge is 0.160 e. The van der Waals surface area contributed by atoms with Gasteiger partial charge in [-0.1, -0.05) is 206 Å². The minimum absolute atomic E-state index is 0.685. The van der Waals surface area contributed by atoms with Crippen LogP contribution in [-0.2, 0) is 0 Å². The Bertz CT molecular complexity index is 4010. The van der Waals surface area contributed by atoms with Crippen LogP contribution in [0, 0.1) is 0 Å². The first-order chi connectivity index (χ1) is 33.2. The van der Waals surface area contributed by atoms with E-state index in [1.54, 1.807) is 0 Å². The van der Waals surface area contributed by atoms with Crippen molar-refractivity contribution >= 4 is 54.4 Å². The van der Waals surface area contributed by atoms with Crippen molar-refractivity contribution in [3.05, 3.63) is 237 Å². The summed E-state index contributed by atoms with van der Waals surface area (Å²) in [6.07, 6.45) is 0. The van der Waals surface area contributed by atoms with E-state index in [9.17, 15) is 0 Å². The Kier molecular flexibility index (Phi) is 9.14. The number of rotatable bonds is 7. The van der Waals surface area contributed by atoms with Crippen molar-refractivity contribution in [1.82, 2.24) is 15.0 Å². The third kappa shape index (κ3) is 6.65. The van der Waals surface area contributed by atoms with Crippen LogP contribution in [-0.4, -0.2) is 15.0 Å². The van der Waals surface area contributed by atoms with E-state index in [-0.39, 0.29) is 0 Å². The van der Waals surface area contributed by atoms with Gasteiger partial charge in [0.15, 0.2) is 5.82 Å². The van der Waals surface area contributed by atoms with Gasteiger partial charge in [-0.15, -0.1) is 0 Å². The van der Waals surface area contributed by atoms with Crippen molar-refractivity contribution in [2.75, 3.05) is 0 Å². The molecule has 67 heavy (non-hydrogen) atoms. The molecule has 0 bridgehead atoms. The molecule has 0 aliphatic rings. The first-order valence-electron chi connectivity index (χ1n) is 22.7. The maximum absolute atomic E-state index is 6.63. The molecule has 0 saturated carbocycles. The molecule has 0 aliphatic carbocycles. The molecule has 0 N–H and O–H groups in total. The van der Waals surface area contributed by atoms with Gasteiger partial charge in [-0.2, -0.15) is 0 Å². The lowest BCUT2D eigenvalue weighted by Crippen LogP contribution is -1.97. The van der Waals surface area contributed by atoms with Gasteiger partial charge in [-0.25, -0.2) is 15.0 Å². The standard InChI is InChI=1S/C63H39N3O/c1-4-17-40(18-5-1)45-23-16-24-46(37-45)63-65-55(42-19-6-2-7-20-42)39-56(66-63)50-36-35-47(48-25-10-11-26-49(48)50)41-31-33-44(34-32-41)62-53-38-58-61(52-28-13-15-30-57(52)67-58)59(43-21-8-3-9-22-43)60(53)51-27-12-14-29-54(51)64-62/h1-39H. The molecular formula is C63H39N3O. The predicted molar refractivity (Wildman–Crippen MR) is 278 cm³/mol. The number of hydrogen-bond acceptors (Lipinski definition) is 4. The molecule has 13 rings (SSSR count). The van der Waals surface area contributed by atoms with E-state index in [2.05, 4.69) is 218 Å². The lowest BCUT2D eigenvalue weighted by atomic mass is 9.89. The molecule has 3 heterocycles. The van der Waals surface area contributed by atoms with E-state index < -0.39 is 0 Å². The van der Waals surface area contributed by atoms with Crippen molar-refractivity contribution in [2.24, 2.45) is 0 Å². The van der Waals surface area contributed by atoms with Gasteiger partial charge in [-0.3, -0.25) is 0 Å². The molecule has 3 aromatic heterocycles. The summed E-state index contributed by atoms with van der Waals surface area (Å²) in [5.74, 6) is 0.685. The second-order valence-electron chi connectivity index (χ2n) is 17.0. The molecule has 0 radical (unpaired) electrons. The maximum atomic E-state index is 6.63. The molecule has 0 unspecified atom stereocenters. The molecule has 0 aliphatic heterocycles. The topological polar surface area (TPSA) is 51.8 Å². The van der Waals surface area contributed by atoms with Gasteiger partial charge >= 0.3 is 0 Å². The van der Waals surface area contributed by atoms with Gasteiger partial charge < -0.3 is 4.42 Å². The van der Waals surface area contributed by atoms with Gasteiger partial charge in [0.2, 0.25) is 0 Å². The van der Waals surface area contributed by atoms with Crippen LogP contribution in [0.4, 0.5) is 0 Å². The van der Waals surface area contributed by atoms with E-state index in [0.717, 1.165) is 122 Å². The summed E-state index contributed by atoms with van der Waals surface area (Å²) in [6.45, 7) is 0. The molecule has 0 saturated heterocycles. The predicted octanol–water partition coefficient (Wildman–Crippen LogP) is 16.9. The SMILES string of the molecule is c1ccc(-c2cccc(-c3nc(-c4ccccc4)cc(-c4ccc(-c5ccc(-c6nc7ccccc7c7c(-c8ccccc8)c8c(cc67)oc6ccccc68)cc5)c5ccccc45)n3)c2)cc1. The van der Waals surface area contributed by atoms with Crippen LogP contribution in [0.3, 0.4) is 0 Å². The van der Waals surface area contributed by atoms with Crippen molar-refractivity contribution in [3.63, 3.8) is 0 Å². The maximum Gasteiger partial charge on any atom is 0.160 e. The molecule has 0 spiro atoms. The molecule has 0 atom stereocenters. The van der Waals surface area contributed by atoms with Crippen LogP contribution in [0.1, 0.15) is 0 Å². The number of furan rings is 1. The summed E-state index contributed by atoms with van der Waals surface area (Å²) in [6, 6.07) is 83.2. The zero-order chi connectivity index (χ0) is 44.3. The molecule has 10 aromatic carbocycles. The second-order valence-corrected chi connectivity index (χ2v) is 17.0. The number of benzene rings is 10. The highest BCUT2D eigenvalue weighted by Gasteiger charge is 2.22. The second kappa shape index (κ2) is 15.9. The Labute approximate surface area is 387 Å². The number of para-hydroxylation sites is 2. The van der Waals surface area contributed by atoms with E-state index in [1.807, 2.05) is 18.2 Å². The summed E-state index contributed by atoms with van der Waals surface area (Å²) in [4.78, 5) is 15.9. The quantitative estimate of drug-likeness (QED) is 0.150. The van der Waals surface area contributed by atoms with E-state index in [0.29, 0.717) is 5.82 Å². The highest BCUT2D eigenvalue weighted by molar-refractivity contribution is 6.27. The monoisotopic (exact) mass is 853 g/mol. The Morgan fingerprint density at radius 2 is 0.851 bits per heavy atom. The van der Waals surface area contributed by atoms with Crippen molar-refractivity contribution in [2.45, 2.75) is 0 Å². The van der Waals surface area contributed by atoms with E-state index in [1.165, 1.54) is 5.39 Å². The zero-order valence-electron chi connectivity index (χ0n) is 36.3. The lowest BCUT2D eigenvalue weighted by Gasteiger charge is -2.16. The molecular weight excluding hydrogens is 815 g/mol. The average Bonchev–Trinajstić information content (AvgIpc) is 3.78. The van der Waals surface area contributed by atoms with Gasteiger partial charge in [0.1, 0.15) is 11.2 Å². The molecule has 4 nitrogen and oxygen atoms in total. The van der Waals surface area contributed by atoms with E-state index in [4.69, 9.17) is 19.4 Å². The Balaban J connectivity index is 0.950. The third-order valence-corrected chi connectivity index (χ3v) is 13.1.